The van der Waals surface area contributed by atoms with Crippen molar-refractivity contribution in [3.05, 3.63) is 35.9 Å². The molecule has 4 nitrogen and oxygen atoms in total. The first kappa shape index (κ1) is 14.7. The molecule has 0 aliphatic carbocycles. The van der Waals surface area contributed by atoms with Gasteiger partial charge >= 0.3 is 0 Å². The summed E-state index contributed by atoms with van der Waals surface area (Å²) in [6.45, 7) is 2.88. The van der Waals surface area contributed by atoms with E-state index in [2.05, 4.69) is 29.4 Å². The molecule has 4 heteroatoms. The van der Waals surface area contributed by atoms with Gasteiger partial charge in [-0.25, -0.2) is 0 Å². The van der Waals surface area contributed by atoms with Crippen LogP contribution in [0.5, 0.6) is 0 Å². The molecule has 1 atom stereocenters. The van der Waals surface area contributed by atoms with Gasteiger partial charge in [0.15, 0.2) is 0 Å². The van der Waals surface area contributed by atoms with Gasteiger partial charge in [-0.05, 0) is 24.3 Å². The van der Waals surface area contributed by atoms with Crippen molar-refractivity contribution < 1.29 is 0 Å². The average Bonchev–Trinajstić information content (AvgIpc) is 2.45. The normalized spacial score (nSPS) is 12.3. The molecule has 0 saturated carbocycles. The van der Waals surface area contributed by atoms with E-state index in [0.717, 1.165) is 19.4 Å². The summed E-state index contributed by atoms with van der Waals surface area (Å²) >= 11 is 0. The molecule has 1 aromatic carbocycles. The molecule has 0 spiro atoms. The second-order valence-electron chi connectivity index (χ2n) is 4.22. The Morgan fingerprint density at radius 2 is 2.05 bits per heavy atom. The predicted molar refractivity (Wildman–Crippen MR) is 75.4 cm³/mol. The van der Waals surface area contributed by atoms with Gasteiger partial charge < -0.3 is 5.32 Å². The third kappa shape index (κ3) is 5.23. The SMILES string of the molecule is CCC(CCNC(CC#N)=NC#N)c1ccccc1. The number of nitrogens with zero attached hydrogens (tertiary/aromatic N) is 3. The van der Waals surface area contributed by atoms with Crippen molar-refractivity contribution in [1.82, 2.24) is 5.32 Å². The topological polar surface area (TPSA) is 72.0 Å². The molecule has 98 valence electrons. The number of amidine groups is 1. The van der Waals surface area contributed by atoms with Gasteiger partial charge in [-0.3, -0.25) is 0 Å². The maximum absolute atomic E-state index is 8.62. The van der Waals surface area contributed by atoms with Crippen LogP contribution in [0.15, 0.2) is 35.3 Å². The Kier molecular flexibility index (Phi) is 6.76. The molecule has 0 radical (unpaired) electrons. The van der Waals surface area contributed by atoms with Crippen LogP contribution in [-0.2, 0) is 0 Å². The maximum Gasteiger partial charge on any atom is 0.207 e. The Labute approximate surface area is 114 Å². The van der Waals surface area contributed by atoms with Crippen LogP contribution in [0.1, 0.15) is 37.7 Å². The zero-order valence-corrected chi connectivity index (χ0v) is 11.1. The Bertz CT molecular complexity index is 479. The van der Waals surface area contributed by atoms with Gasteiger partial charge in [0.1, 0.15) is 5.84 Å². The predicted octanol–water partition coefficient (Wildman–Crippen LogP) is 2.95. The van der Waals surface area contributed by atoms with E-state index >= 15 is 0 Å². The molecular weight excluding hydrogens is 236 g/mol. The summed E-state index contributed by atoms with van der Waals surface area (Å²) in [6, 6.07) is 12.4. The largest absolute Gasteiger partial charge is 0.372 e. The quantitative estimate of drug-likeness (QED) is 0.482. The summed E-state index contributed by atoms with van der Waals surface area (Å²) in [7, 11) is 0. The Morgan fingerprint density at radius 1 is 1.32 bits per heavy atom. The molecule has 0 bridgehead atoms. The van der Waals surface area contributed by atoms with Gasteiger partial charge in [0.25, 0.3) is 0 Å². The highest BCUT2D eigenvalue weighted by atomic mass is 15.0. The number of hydrogen-bond donors (Lipinski definition) is 1. The standard InChI is InChI=1S/C15H18N4/c1-2-13(14-6-4-3-5-7-14)9-11-18-15(8-10-16)19-12-17/h3-7,13H,2,8-9,11H2,1H3,(H,18,19). The van der Waals surface area contributed by atoms with Crippen molar-refractivity contribution in [3.63, 3.8) is 0 Å². The molecule has 1 aromatic rings. The van der Waals surface area contributed by atoms with E-state index in [-0.39, 0.29) is 6.42 Å². The number of hydrogen-bond acceptors (Lipinski definition) is 3. The monoisotopic (exact) mass is 254 g/mol. The van der Waals surface area contributed by atoms with E-state index in [1.54, 1.807) is 6.19 Å². The van der Waals surface area contributed by atoms with Crippen LogP contribution in [0.3, 0.4) is 0 Å². The minimum absolute atomic E-state index is 0.149. The fourth-order valence-electron chi connectivity index (χ4n) is 2.00. The lowest BCUT2D eigenvalue weighted by atomic mass is 9.93. The highest BCUT2D eigenvalue weighted by molar-refractivity contribution is 5.84. The van der Waals surface area contributed by atoms with E-state index in [4.69, 9.17) is 10.5 Å². The van der Waals surface area contributed by atoms with Crippen LogP contribution in [0, 0.1) is 22.8 Å². The molecule has 0 fully saturated rings. The highest BCUT2D eigenvalue weighted by Crippen LogP contribution is 2.22. The van der Waals surface area contributed by atoms with Crippen molar-refractivity contribution in [2.45, 2.75) is 32.1 Å². The molecule has 0 aliphatic heterocycles. The summed E-state index contributed by atoms with van der Waals surface area (Å²) in [5.41, 5.74) is 1.32. The van der Waals surface area contributed by atoms with Gasteiger partial charge in [0.05, 0.1) is 12.5 Å². The first-order valence-electron chi connectivity index (χ1n) is 6.43. The fourth-order valence-corrected chi connectivity index (χ4v) is 2.00. The van der Waals surface area contributed by atoms with Crippen LogP contribution in [0.4, 0.5) is 0 Å². The van der Waals surface area contributed by atoms with Crippen LogP contribution < -0.4 is 5.32 Å². The van der Waals surface area contributed by atoms with Crippen LogP contribution >= 0.6 is 0 Å². The van der Waals surface area contributed by atoms with Gasteiger partial charge in [-0.1, -0.05) is 37.3 Å². The summed E-state index contributed by atoms with van der Waals surface area (Å²) in [4.78, 5) is 3.60. The van der Waals surface area contributed by atoms with Crippen molar-refractivity contribution in [1.29, 1.82) is 10.5 Å². The molecule has 19 heavy (non-hydrogen) atoms. The minimum Gasteiger partial charge on any atom is -0.372 e. The molecule has 1 unspecified atom stereocenters. The van der Waals surface area contributed by atoms with Crippen LogP contribution in [-0.4, -0.2) is 12.4 Å². The Hall–Kier alpha value is -2.33. The van der Waals surface area contributed by atoms with Crippen LogP contribution in [0.25, 0.3) is 0 Å². The first-order chi connectivity index (χ1) is 9.31. The molecule has 0 aliphatic rings. The number of aliphatic imine (C=N–C) groups is 1. The highest BCUT2D eigenvalue weighted by Gasteiger charge is 2.08. The summed E-state index contributed by atoms with van der Waals surface area (Å²) in [6.07, 6.45) is 3.88. The van der Waals surface area contributed by atoms with Crippen LogP contribution in [0.2, 0.25) is 0 Å². The summed E-state index contributed by atoms with van der Waals surface area (Å²) in [5.74, 6) is 0.937. The summed E-state index contributed by atoms with van der Waals surface area (Å²) in [5, 5.41) is 20.2. The van der Waals surface area contributed by atoms with E-state index in [1.165, 1.54) is 5.56 Å². The van der Waals surface area contributed by atoms with Crippen molar-refractivity contribution in [3.8, 4) is 12.3 Å². The Morgan fingerprint density at radius 3 is 2.63 bits per heavy atom. The lowest BCUT2D eigenvalue weighted by molar-refractivity contribution is 0.596. The van der Waals surface area contributed by atoms with Crippen molar-refractivity contribution in [2.24, 2.45) is 4.99 Å². The number of nitrogens with one attached hydrogen (secondary N) is 1. The summed E-state index contributed by atoms with van der Waals surface area (Å²) < 4.78 is 0. The molecule has 0 aromatic heterocycles. The number of nitriles is 2. The van der Waals surface area contributed by atoms with Gasteiger partial charge in [-0.2, -0.15) is 15.5 Å². The zero-order chi connectivity index (χ0) is 13.9. The van der Waals surface area contributed by atoms with Gasteiger partial charge in [0.2, 0.25) is 6.19 Å². The maximum atomic E-state index is 8.62. The second kappa shape index (κ2) is 8.72. The van der Waals surface area contributed by atoms with Gasteiger partial charge in [-0.15, -0.1) is 0 Å². The number of benzene rings is 1. The average molecular weight is 254 g/mol. The molecule has 0 saturated heterocycles. The smallest absolute Gasteiger partial charge is 0.207 e. The molecule has 0 amide bonds. The molecule has 1 N–H and O–H groups in total. The van der Waals surface area contributed by atoms with E-state index < -0.39 is 0 Å². The minimum atomic E-state index is 0.149. The molecular formula is C15H18N4. The van der Waals surface area contributed by atoms with E-state index in [1.807, 2.05) is 24.3 Å². The van der Waals surface area contributed by atoms with Gasteiger partial charge in [0, 0.05) is 6.54 Å². The third-order valence-electron chi connectivity index (χ3n) is 3.02. The number of rotatable bonds is 6. The lowest BCUT2D eigenvalue weighted by Gasteiger charge is -2.16. The van der Waals surface area contributed by atoms with E-state index in [0.29, 0.717) is 11.8 Å². The Balaban J connectivity index is 2.49. The van der Waals surface area contributed by atoms with Crippen molar-refractivity contribution in [2.75, 3.05) is 6.54 Å². The molecule has 1 rings (SSSR count). The lowest BCUT2D eigenvalue weighted by Crippen LogP contribution is -2.25. The van der Waals surface area contributed by atoms with Crippen molar-refractivity contribution >= 4 is 5.84 Å². The second-order valence-corrected chi connectivity index (χ2v) is 4.22. The fraction of sp³-hybridized carbons (Fsp3) is 0.400. The van der Waals surface area contributed by atoms with E-state index in [9.17, 15) is 0 Å². The zero-order valence-electron chi connectivity index (χ0n) is 11.1. The third-order valence-corrected chi connectivity index (χ3v) is 3.02. The first-order valence-corrected chi connectivity index (χ1v) is 6.43. The molecule has 0 heterocycles.